The molecule has 1 aliphatic heterocycles. The number of amides is 1. The Balaban J connectivity index is 1.68. The number of H-pyrrole nitrogens is 2. The molecule has 0 atom stereocenters. The lowest BCUT2D eigenvalue weighted by Crippen LogP contribution is -2.29. The number of para-hydroxylation sites is 1. The van der Waals surface area contributed by atoms with Crippen molar-refractivity contribution in [3.05, 3.63) is 68.9 Å². The zero-order chi connectivity index (χ0) is 18.1. The molecule has 1 amide bonds. The molecule has 3 N–H and O–H groups in total. The molecule has 26 heavy (non-hydrogen) atoms. The third-order valence-electron chi connectivity index (χ3n) is 4.42. The second-order valence-electron chi connectivity index (χ2n) is 6.18. The third kappa shape index (κ3) is 2.97. The first-order valence-corrected chi connectivity index (χ1v) is 8.40. The number of hydrogen-bond acceptors (Lipinski definition) is 4. The summed E-state index contributed by atoms with van der Waals surface area (Å²) >= 11 is 0. The van der Waals surface area contributed by atoms with Crippen LogP contribution in [0.5, 0.6) is 0 Å². The quantitative estimate of drug-likeness (QED) is 0.664. The number of nitrogens with zero attached hydrogens (tertiary/aromatic N) is 2. The van der Waals surface area contributed by atoms with Crippen LogP contribution < -0.4 is 16.6 Å². The smallest absolute Gasteiger partial charge is 0.325 e. The first-order valence-electron chi connectivity index (χ1n) is 8.40. The van der Waals surface area contributed by atoms with Crippen LogP contribution in [0.2, 0.25) is 0 Å². The third-order valence-corrected chi connectivity index (χ3v) is 4.42. The highest BCUT2D eigenvalue weighted by molar-refractivity contribution is 6.05. The predicted octanol–water partition coefficient (Wildman–Crippen LogP) is 1.52. The van der Waals surface area contributed by atoms with Gasteiger partial charge in [-0.1, -0.05) is 18.2 Å². The van der Waals surface area contributed by atoms with Crippen molar-refractivity contribution < 1.29 is 4.79 Å². The summed E-state index contributed by atoms with van der Waals surface area (Å²) in [6.07, 6.45) is 6.31. The van der Waals surface area contributed by atoms with E-state index in [2.05, 4.69) is 19.9 Å². The molecule has 3 heterocycles. The van der Waals surface area contributed by atoms with Crippen LogP contribution in [0.4, 0.5) is 5.69 Å². The molecule has 0 aliphatic carbocycles. The van der Waals surface area contributed by atoms with E-state index < -0.39 is 17.2 Å². The maximum absolute atomic E-state index is 12.4. The molecule has 4 rings (SSSR count). The van der Waals surface area contributed by atoms with Crippen LogP contribution in [0.25, 0.3) is 11.3 Å². The van der Waals surface area contributed by atoms with Gasteiger partial charge < -0.3 is 14.9 Å². The van der Waals surface area contributed by atoms with Gasteiger partial charge in [-0.3, -0.25) is 14.6 Å². The number of imidazole rings is 1. The van der Waals surface area contributed by atoms with Crippen molar-refractivity contribution in [2.24, 2.45) is 0 Å². The summed E-state index contributed by atoms with van der Waals surface area (Å²) in [5, 5.41) is 2.74. The summed E-state index contributed by atoms with van der Waals surface area (Å²) in [4.78, 5) is 44.4. The van der Waals surface area contributed by atoms with Crippen molar-refractivity contribution in [1.82, 2.24) is 19.5 Å². The standard InChI is InChI=1S/C18H17N5O3/c24-16(12-9-19-18(26)22-17(12)25)21-13-6-2-1-5-11(13)14-10-23-8-4-3-7-15(23)20-14/h1-2,5-6,9-10H,3-4,7-8H2,(H,21,24)(H2,19,22,25,26). The summed E-state index contributed by atoms with van der Waals surface area (Å²) in [6.45, 7) is 0.948. The first-order chi connectivity index (χ1) is 12.6. The van der Waals surface area contributed by atoms with Gasteiger partial charge in [0.25, 0.3) is 11.5 Å². The number of anilines is 1. The van der Waals surface area contributed by atoms with Crippen molar-refractivity contribution in [1.29, 1.82) is 0 Å². The Morgan fingerprint density at radius 3 is 2.85 bits per heavy atom. The normalized spacial score (nSPS) is 13.2. The molecule has 132 valence electrons. The zero-order valence-corrected chi connectivity index (χ0v) is 13.9. The van der Waals surface area contributed by atoms with Crippen molar-refractivity contribution in [2.75, 3.05) is 5.32 Å². The van der Waals surface area contributed by atoms with E-state index in [-0.39, 0.29) is 5.56 Å². The summed E-state index contributed by atoms with van der Waals surface area (Å²) in [7, 11) is 0. The van der Waals surface area contributed by atoms with Gasteiger partial charge in [-0.15, -0.1) is 0 Å². The average Bonchev–Trinajstić information content (AvgIpc) is 3.06. The van der Waals surface area contributed by atoms with Crippen molar-refractivity contribution in [3.8, 4) is 11.3 Å². The lowest BCUT2D eigenvalue weighted by Gasteiger charge is -2.11. The largest absolute Gasteiger partial charge is 0.334 e. The number of nitrogens with one attached hydrogen (secondary N) is 3. The number of hydrogen-bond donors (Lipinski definition) is 3. The molecule has 0 radical (unpaired) electrons. The van der Waals surface area contributed by atoms with E-state index >= 15 is 0 Å². The van der Waals surface area contributed by atoms with Gasteiger partial charge in [0.15, 0.2) is 0 Å². The molecular formula is C18H17N5O3. The second kappa shape index (κ2) is 6.47. The Morgan fingerprint density at radius 2 is 2.04 bits per heavy atom. The van der Waals surface area contributed by atoms with E-state index in [1.54, 1.807) is 12.1 Å². The number of rotatable bonds is 3. The molecule has 0 saturated carbocycles. The number of aromatic nitrogens is 4. The Morgan fingerprint density at radius 1 is 1.19 bits per heavy atom. The van der Waals surface area contributed by atoms with E-state index in [0.29, 0.717) is 5.69 Å². The number of benzene rings is 1. The van der Waals surface area contributed by atoms with Crippen molar-refractivity contribution in [2.45, 2.75) is 25.8 Å². The van der Waals surface area contributed by atoms with Gasteiger partial charge in [0, 0.05) is 30.9 Å². The number of aryl methyl sites for hydroxylation is 2. The maximum Gasteiger partial charge on any atom is 0.325 e. The molecule has 8 heteroatoms. The van der Waals surface area contributed by atoms with Crippen LogP contribution in [0.15, 0.2) is 46.2 Å². The zero-order valence-electron chi connectivity index (χ0n) is 13.9. The minimum absolute atomic E-state index is 0.163. The molecule has 0 unspecified atom stereocenters. The molecule has 0 fully saturated rings. The van der Waals surface area contributed by atoms with E-state index in [4.69, 9.17) is 0 Å². The lowest BCUT2D eigenvalue weighted by molar-refractivity contribution is 0.102. The Labute approximate surface area is 147 Å². The Hall–Kier alpha value is -3.42. The minimum Gasteiger partial charge on any atom is -0.334 e. The fourth-order valence-corrected chi connectivity index (χ4v) is 3.13. The highest BCUT2D eigenvalue weighted by atomic mass is 16.2. The number of aromatic amines is 2. The van der Waals surface area contributed by atoms with Crippen LogP contribution in [0, 0.1) is 0 Å². The fourth-order valence-electron chi connectivity index (χ4n) is 3.13. The summed E-state index contributed by atoms with van der Waals surface area (Å²) in [5.41, 5.74) is 0.565. The van der Waals surface area contributed by atoms with Crippen LogP contribution in [-0.2, 0) is 13.0 Å². The van der Waals surface area contributed by atoms with Gasteiger partial charge in [-0.2, -0.15) is 0 Å². The topological polar surface area (TPSA) is 113 Å². The van der Waals surface area contributed by atoms with E-state index in [1.165, 1.54) is 0 Å². The van der Waals surface area contributed by atoms with Crippen molar-refractivity contribution >= 4 is 11.6 Å². The predicted molar refractivity (Wildman–Crippen MR) is 96.2 cm³/mol. The molecule has 8 nitrogen and oxygen atoms in total. The van der Waals surface area contributed by atoms with Gasteiger partial charge in [-0.05, 0) is 18.9 Å². The van der Waals surface area contributed by atoms with Gasteiger partial charge in [-0.25, -0.2) is 9.78 Å². The number of fused-ring (bicyclic) bond motifs is 1. The van der Waals surface area contributed by atoms with E-state index in [9.17, 15) is 14.4 Å². The highest BCUT2D eigenvalue weighted by Crippen LogP contribution is 2.29. The summed E-state index contributed by atoms with van der Waals surface area (Å²) in [6, 6.07) is 7.30. The molecule has 0 saturated heterocycles. The molecule has 1 aromatic carbocycles. The molecule has 3 aromatic rings. The number of carbonyl (C=O) groups excluding carboxylic acids is 1. The molecule has 0 spiro atoms. The van der Waals surface area contributed by atoms with Crippen LogP contribution in [0.1, 0.15) is 29.0 Å². The lowest BCUT2D eigenvalue weighted by atomic mass is 10.1. The second-order valence-corrected chi connectivity index (χ2v) is 6.18. The SMILES string of the molecule is O=C(Nc1ccccc1-c1cn2c(n1)CCCC2)c1c[nH]c(=O)[nH]c1=O. The number of carbonyl (C=O) groups is 1. The van der Waals surface area contributed by atoms with Crippen molar-refractivity contribution in [3.63, 3.8) is 0 Å². The van der Waals surface area contributed by atoms with Crippen LogP contribution in [-0.4, -0.2) is 25.4 Å². The van der Waals surface area contributed by atoms with Crippen LogP contribution >= 0.6 is 0 Å². The van der Waals surface area contributed by atoms with Gasteiger partial charge in [0.1, 0.15) is 11.4 Å². The first kappa shape index (κ1) is 16.1. The Bertz CT molecular complexity index is 1070. The van der Waals surface area contributed by atoms with E-state index in [1.807, 2.05) is 23.3 Å². The monoisotopic (exact) mass is 351 g/mol. The molecule has 0 bridgehead atoms. The minimum atomic E-state index is -0.735. The maximum atomic E-state index is 12.4. The van der Waals surface area contributed by atoms with Gasteiger partial charge >= 0.3 is 5.69 Å². The molecule has 2 aromatic heterocycles. The molecule has 1 aliphatic rings. The average molecular weight is 351 g/mol. The summed E-state index contributed by atoms with van der Waals surface area (Å²) in [5.74, 6) is 0.448. The van der Waals surface area contributed by atoms with Gasteiger partial charge in [0.05, 0.1) is 11.4 Å². The fraction of sp³-hybridized carbons (Fsp3) is 0.222. The highest BCUT2D eigenvalue weighted by Gasteiger charge is 2.17. The van der Waals surface area contributed by atoms with Gasteiger partial charge in [0.2, 0.25) is 0 Å². The Kier molecular flexibility index (Phi) is 4.00. The van der Waals surface area contributed by atoms with Crippen LogP contribution in [0.3, 0.4) is 0 Å². The van der Waals surface area contributed by atoms with E-state index in [0.717, 1.165) is 49.1 Å². The molecular weight excluding hydrogens is 334 g/mol. The summed E-state index contributed by atoms with van der Waals surface area (Å²) < 4.78 is 2.14.